The summed E-state index contributed by atoms with van der Waals surface area (Å²) in [5, 5.41) is -1.19. The van der Waals surface area contributed by atoms with Crippen LogP contribution >= 0.6 is 15.0 Å². The van der Waals surface area contributed by atoms with Gasteiger partial charge in [0.2, 0.25) is 7.37 Å². The minimum Gasteiger partial charge on any atom is -0.328 e. The molecular weight excluding hydrogens is 346 g/mol. The quantitative estimate of drug-likeness (QED) is 0.258. The van der Waals surface area contributed by atoms with Crippen LogP contribution in [-0.2, 0) is 13.7 Å². The van der Waals surface area contributed by atoms with Crippen molar-refractivity contribution in [3.05, 3.63) is 23.3 Å². The van der Waals surface area contributed by atoms with E-state index in [2.05, 4.69) is 32.9 Å². The Labute approximate surface area is 147 Å². The third-order valence-electron chi connectivity index (χ3n) is 3.82. The van der Waals surface area contributed by atoms with Crippen LogP contribution in [0.25, 0.3) is 0 Å². The molecule has 0 radical (unpaired) electrons. The number of hydrogen-bond donors (Lipinski definition) is 2. The van der Waals surface area contributed by atoms with Crippen LogP contribution in [0.1, 0.15) is 66.2 Å². The highest BCUT2D eigenvalue weighted by Gasteiger charge is 2.41. The molecule has 0 aromatic carbocycles. The van der Waals surface area contributed by atoms with Gasteiger partial charge in [-0.05, 0) is 59.8 Å². The van der Waals surface area contributed by atoms with E-state index in [9.17, 15) is 18.9 Å². The van der Waals surface area contributed by atoms with Crippen molar-refractivity contribution in [2.45, 2.75) is 71.6 Å². The third-order valence-corrected chi connectivity index (χ3v) is 9.12. The lowest BCUT2D eigenvalue weighted by Gasteiger charge is -2.24. The molecule has 0 bridgehead atoms. The molecule has 0 fully saturated rings. The van der Waals surface area contributed by atoms with Gasteiger partial charge in [0.05, 0.1) is 6.61 Å². The predicted octanol–water partition coefficient (Wildman–Crippen LogP) is 5.69. The van der Waals surface area contributed by atoms with Gasteiger partial charge in [0.1, 0.15) is 5.40 Å². The van der Waals surface area contributed by atoms with Crippen LogP contribution in [0, 0.1) is 0 Å². The van der Waals surface area contributed by atoms with E-state index in [4.69, 9.17) is 4.52 Å². The van der Waals surface area contributed by atoms with E-state index in [1.54, 1.807) is 6.92 Å². The highest BCUT2D eigenvalue weighted by atomic mass is 31.2. The van der Waals surface area contributed by atoms with E-state index in [1.807, 2.05) is 0 Å². The van der Waals surface area contributed by atoms with E-state index in [1.165, 1.54) is 17.8 Å². The van der Waals surface area contributed by atoms with E-state index in [0.717, 1.165) is 25.7 Å². The number of unbranched alkanes of at least 4 members (excludes halogenated alkanes) is 2. The van der Waals surface area contributed by atoms with Gasteiger partial charge >= 0.3 is 7.60 Å². The van der Waals surface area contributed by atoms with E-state index < -0.39 is 20.4 Å². The Morgan fingerprint density at radius 3 is 2.21 bits per heavy atom. The smallest absolute Gasteiger partial charge is 0.328 e. The Kier molecular flexibility index (Phi) is 11.4. The summed E-state index contributed by atoms with van der Waals surface area (Å²) in [4.78, 5) is 18.9. The number of hydrogen-bond acceptors (Lipinski definition) is 3. The largest absolute Gasteiger partial charge is 0.338 e. The van der Waals surface area contributed by atoms with E-state index in [0.29, 0.717) is 6.42 Å². The standard InChI is InChI=1S/C17H34O5P2/c1-6-22-23(5,18)17(24(19,20)21)14-9-7-8-12-16(4)13-10-11-15(2)3/h11-12,17H,6-10,13-14H2,1-5H3,(H2,19,20,21)/b16-12+. The van der Waals surface area contributed by atoms with Gasteiger partial charge in [0.25, 0.3) is 0 Å². The van der Waals surface area contributed by atoms with Gasteiger partial charge in [-0.3, -0.25) is 9.13 Å². The van der Waals surface area contributed by atoms with Gasteiger partial charge in [0, 0.05) is 6.66 Å². The summed E-state index contributed by atoms with van der Waals surface area (Å²) in [6.07, 6.45) is 9.01. The summed E-state index contributed by atoms with van der Waals surface area (Å²) in [5.74, 6) is 0. The van der Waals surface area contributed by atoms with Crippen LogP contribution in [0.15, 0.2) is 23.3 Å². The molecule has 0 amide bonds. The van der Waals surface area contributed by atoms with Gasteiger partial charge in [-0.1, -0.05) is 29.7 Å². The van der Waals surface area contributed by atoms with Crippen molar-refractivity contribution in [3.63, 3.8) is 0 Å². The van der Waals surface area contributed by atoms with Crippen molar-refractivity contribution < 1.29 is 23.4 Å². The molecule has 0 aliphatic carbocycles. The molecule has 0 saturated carbocycles. The van der Waals surface area contributed by atoms with Crippen LogP contribution in [0.3, 0.4) is 0 Å². The molecule has 0 spiro atoms. The zero-order chi connectivity index (χ0) is 18.8. The number of rotatable bonds is 12. The summed E-state index contributed by atoms with van der Waals surface area (Å²) >= 11 is 0. The Morgan fingerprint density at radius 2 is 1.71 bits per heavy atom. The third kappa shape index (κ3) is 10.6. The highest BCUT2D eigenvalue weighted by Crippen LogP contribution is 2.64. The molecule has 2 atom stereocenters. The Morgan fingerprint density at radius 1 is 1.08 bits per heavy atom. The summed E-state index contributed by atoms with van der Waals surface area (Å²) < 4.78 is 29.1. The summed E-state index contributed by atoms with van der Waals surface area (Å²) in [7, 11) is -7.73. The maximum Gasteiger partial charge on any atom is 0.338 e. The average molecular weight is 380 g/mol. The van der Waals surface area contributed by atoms with Crippen LogP contribution < -0.4 is 0 Å². The zero-order valence-electron chi connectivity index (χ0n) is 15.7. The minimum absolute atomic E-state index is 0.192. The van der Waals surface area contributed by atoms with Crippen molar-refractivity contribution in [1.29, 1.82) is 0 Å². The molecule has 0 rings (SSSR count). The van der Waals surface area contributed by atoms with Gasteiger partial charge in [-0.15, -0.1) is 0 Å². The fourth-order valence-electron chi connectivity index (χ4n) is 2.53. The zero-order valence-corrected chi connectivity index (χ0v) is 17.5. The molecule has 2 N–H and O–H groups in total. The van der Waals surface area contributed by atoms with Crippen molar-refractivity contribution in [2.75, 3.05) is 13.3 Å². The summed E-state index contributed by atoms with van der Waals surface area (Å²) in [6.45, 7) is 9.48. The van der Waals surface area contributed by atoms with Crippen LogP contribution in [0.5, 0.6) is 0 Å². The highest BCUT2D eigenvalue weighted by molar-refractivity contribution is 7.74. The molecule has 0 aromatic rings. The fourth-order valence-corrected chi connectivity index (χ4v) is 6.77. The van der Waals surface area contributed by atoms with E-state index >= 15 is 0 Å². The van der Waals surface area contributed by atoms with Gasteiger partial charge < -0.3 is 14.3 Å². The lowest BCUT2D eigenvalue weighted by Crippen LogP contribution is -2.11. The predicted molar refractivity (Wildman–Crippen MR) is 102 cm³/mol. The second-order valence-corrected chi connectivity index (χ2v) is 11.5. The molecule has 0 aliphatic rings. The second-order valence-electron chi connectivity index (χ2n) is 6.55. The minimum atomic E-state index is -4.43. The molecule has 142 valence electrons. The molecule has 2 unspecified atom stereocenters. The normalized spacial score (nSPS) is 16.5. The monoisotopic (exact) mass is 380 g/mol. The SMILES string of the molecule is CCOP(C)(=O)C(CCCC/C=C(\C)CCC=C(C)C)P(=O)(O)O. The molecule has 0 saturated heterocycles. The number of allylic oxidation sites excluding steroid dienone is 4. The van der Waals surface area contributed by atoms with Crippen LogP contribution in [0.4, 0.5) is 0 Å². The first kappa shape index (κ1) is 23.8. The lowest BCUT2D eigenvalue weighted by atomic mass is 10.1. The molecule has 0 heterocycles. The van der Waals surface area contributed by atoms with Crippen molar-refractivity contribution >= 4 is 15.0 Å². The average Bonchev–Trinajstić information content (AvgIpc) is 2.40. The van der Waals surface area contributed by atoms with Gasteiger partial charge in [-0.2, -0.15) is 0 Å². The first-order valence-corrected chi connectivity index (χ1v) is 12.4. The Bertz CT molecular complexity index is 515. The second kappa shape index (κ2) is 11.4. The molecule has 7 heteroatoms. The molecule has 0 aliphatic heterocycles. The van der Waals surface area contributed by atoms with Crippen LogP contribution in [0.2, 0.25) is 0 Å². The van der Waals surface area contributed by atoms with E-state index in [-0.39, 0.29) is 13.0 Å². The topological polar surface area (TPSA) is 83.8 Å². The summed E-state index contributed by atoms with van der Waals surface area (Å²) in [5.41, 5.74) is 2.65. The van der Waals surface area contributed by atoms with Crippen molar-refractivity contribution in [1.82, 2.24) is 0 Å². The Balaban J connectivity index is 4.38. The molecule has 0 aromatic heterocycles. The maximum atomic E-state index is 12.4. The Hall–Kier alpha value is -0.180. The fraction of sp³-hybridized carbons (Fsp3) is 0.765. The van der Waals surface area contributed by atoms with Crippen molar-refractivity contribution in [2.24, 2.45) is 0 Å². The first-order chi connectivity index (χ1) is 11.0. The van der Waals surface area contributed by atoms with Crippen molar-refractivity contribution in [3.8, 4) is 0 Å². The molecule has 5 nitrogen and oxygen atoms in total. The first-order valence-electron chi connectivity index (χ1n) is 8.56. The van der Waals surface area contributed by atoms with Gasteiger partial charge in [-0.25, -0.2) is 0 Å². The van der Waals surface area contributed by atoms with Crippen LogP contribution in [-0.4, -0.2) is 28.5 Å². The maximum absolute atomic E-state index is 12.4. The molecular formula is C17H34O5P2. The summed E-state index contributed by atoms with van der Waals surface area (Å²) in [6, 6.07) is 0. The molecule has 24 heavy (non-hydrogen) atoms. The lowest BCUT2D eigenvalue weighted by molar-refractivity contribution is 0.320. The van der Waals surface area contributed by atoms with Gasteiger partial charge in [0.15, 0.2) is 0 Å².